The Balaban J connectivity index is 0.000000383. The van der Waals surface area contributed by atoms with Crippen molar-refractivity contribution in [2.24, 2.45) is 5.92 Å². The lowest BCUT2D eigenvalue weighted by Gasteiger charge is -2.53. The van der Waals surface area contributed by atoms with Crippen LogP contribution in [0.15, 0.2) is 24.3 Å². The van der Waals surface area contributed by atoms with Crippen molar-refractivity contribution in [1.29, 1.82) is 0 Å². The second-order valence-electron chi connectivity index (χ2n) is 8.72. The molecule has 0 bridgehead atoms. The highest BCUT2D eigenvalue weighted by Gasteiger charge is 2.46. The summed E-state index contributed by atoms with van der Waals surface area (Å²) in [4.78, 5) is 22.5. The summed E-state index contributed by atoms with van der Waals surface area (Å²) in [7, 11) is 6.02. The van der Waals surface area contributed by atoms with Gasteiger partial charge in [-0.1, -0.05) is 18.2 Å². The lowest BCUT2D eigenvalue weighted by molar-refractivity contribution is -0.193. The third-order valence-electron chi connectivity index (χ3n) is 5.35. The van der Waals surface area contributed by atoms with E-state index in [-0.39, 0.29) is 5.60 Å². The van der Waals surface area contributed by atoms with Crippen LogP contribution in [0.25, 0.3) is 0 Å². The van der Waals surface area contributed by atoms with Crippen molar-refractivity contribution in [2.75, 3.05) is 47.4 Å². The Morgan fingerprint density at radius 3 is 1.97 bits per heavy atom. The molecule has 2 aliphatic rings. The van der Waals surface area contributed by atoms with Crippen LogP contribution in [0.3, 0.4) is 0 Å². The maximum absolute atomic E-state index is 10.6. The predicted octanol–water partition coefficient (Wildman–Crippen LogP) is 3.50. The van der Waals surface area contributed by atoms with E-state index in [4.69, 9.17) is 29.3 Å². The second-order valence-corrected chi connectivity index (χ2v) is 8.72. The van der Waals surface area contributed by atoms with Crippen LogP contribution in [-0.4, -0.2) is 97.4 Å². The van der Waals surface area contributed by atoms with Gasteiger partial charge in [0, 0.05) is 31.7 Å². The third-order valence-corrected chi connectivity index (χ3v) is 5.35. The molecule has 0 saturated carbocycles. The number of benzene rings is 1. The van der Waals surface area contributed by atoms with E-state index in [9.17, 15) is 26.3 Å². The van der Waals surface area contributed by atoms with E-state index in [2.05, 4.69) is 36.0 Å². The summed E-state index contributed by atoms with van der Waals surface area (Å²) in [6, 6.07) is 8.29. The second kappa shape index (κ2) is 13.1. The summed E-state index contributed by atoms with van der Waals surface area (Å²) in [6.07, 6.45) is -7.67. The fourth-order valence-corrected chi connectivity index (χ4v) is 3.78. The number of likely N-dealkylation sites (tertiary alicyclic amines) is 1. The van der Waals surface area contributed by atoms with E-state index in [0.29, 0.717) is 5.92 Å². The first-order valence-corrected chi connectivity index (χ1v) is 10.7. The molecule has 206 valence electrons. The molecule has 1 spiro atoms. The zero-order valence-electron chi connectivity index (χ0n) is 20.0. The van der Waals surface area contributed by atoms with Crippen LogP contribution in [0.4, 0.5) is 26.3 Å². The average molecular weight is 532 g/mol. The number of aliphatic carboxylic acids is 2. The van der Waals surface area contributed by atoms with Gasteiger partial charge in [0.2, 0.25) is 0 Å². The highest BCUT2D eigenvalue weighted by Crippen LogP contribution is 2.37. The number of halogens is 6. The van der Waals surface area contributed by atoms with Gasteiger partial charge >= 0.3 is 24.3 Å². The molecule has 1 unspecified atom stereocenters. The van der Waals surface area contributed by atoms with Gasteiger partial charge in [-0.2, -0.15) is 26.3 Å². The molecule has 3 rings (SSSR count). The zero-order chi connectivity index (χ0) is 27.7. The largest absolute Gasteiger partial charge is 0.496 e. The van der Waals surface area contributed by atoms with E-state index < -0.39 is 24.3 Å². The molecule has 0 radical (unpaired) electrons. The van der Waals surface area contributed by atoms with Crippen LogP contribution in [-0.2, 0) is 20.9 Å². The summed E-state index contributed by atoms with van der Waals surface area (Å²) in [5.74, 6) is -3.83. The molecule has 1 aromatic carbocycles. The van der Waals surface area contributed by atoms with Crippen LogP contribution in [0.1, 0.15) is 18.4 Å². The highest BCUT2D eigenvalue weighted by atomic mass is 19.4. The maximum atomic E-state index is 10.6. The van der Waals surface area contributed by atoms with Crippen molar-refractivity contribution >= 4 is 11.9 Å². The van der Waals surface area contributed by atoms with Crippen molar-refractivity contribution < 1.29 is 55.6 Å². The standard InChI is InChI=1S/C18H28N2O2.2C2HF3O2/c1-19(2)10-15-8-9-18(22-12-15)13-20(14-18)11-16-6-4-5-7-17(16)21-3;2*3-2(4,5)1(6)7/h4-7,15H,8-14H2,1-3H3;2*(H,6,7). The predicted molar refractivity (Wildman–Crippen MR) is 116 cm³/mol. The molecule has 14 heteroatoms. The molecule has 0 amide bonds. The molecule has 2 saturated heterocycles. The summed E-state index contributed by atoms with van der Waals surface area (Å²) in [6.45, 7) is 5.12. The van der Waals surface area contributed by atoms with Gasteiger partial charge in [-0.15, -0.1) is 0 Å². The number of alkyl halides is 6. The van der Waals surface area contributed by atoms with Crippen LogP contribution in [0.2, 0.25) is 0 Å². The average Bonchev–Trinajstić information content (AvgIpc) is 2.73. The quantitative estimate of drug-likeness (QED) is 0.556. The minimum absolute atomic E-state index is 0.130. The van der Waals surface area contributed by atoms with Gasteiger partial charge in [0.05, 0.1) is 19.3 Å². The molecule has 2 N–H and O–H groups in total. The fourth-order valence-electron chi connectivity index (χ4n) is 3.78. The molecule has 0 aliphatic carbocycles. The van der Waals surface area contributed by atoms with Crippen LogP contribution < -0.4 is 4.74 Å². The number of hydrogen-bond donors (Lipinski definition) is 2. The Morgan fingerprint density at radius 1 is 1.08 bits per heavy atom. The van der Waals surface area contributed by atoms with Gasteiger partial charge < -0.3 is 24.6 Å². The highest BCUT2D eigenvalue weighted by molar-refractivity contribution is 5.73. The molecular formula is C22H30F6N2O6. The summed E-state index contributed by atoms with van der Waals surface area (Å²) in [5, 5.41) is 14.2. The first-order valence-electron chi connectivity index (χ1n) is 10.7. The number of carboxylic acid groups (broad SMARTS) is 2. The van der Waals surface area contributed by atoms with Gasteiger partial charge in [-0.3, -0.25) is 4.90 Å². The summed E-state index contributed by atoms with van der Waals surface area (Å²) >= 11 is 0. The molecule has 1 atom stereocenters. The number of carbonyl (C=O) groups is 2. The van der Waals surface area contributed by atoms with Crippen LogP contribution in [0.5, 0.6) is 5.75 Å². The minimum Gasteiger partial charge on any atom is -0.496 e. The number of hydrogen-bond acceptors (Lipinski definition) is 6. The normalized spacial score (nSPS) is 19.3. The van der Waals surface area contributed by atoms with Gasteiger partial charge in [0.25, 0.3) is 0 Å². The fraction of sp³-hybridized carbons (Fsp3) is 0.636. The number of methoxy groups -OCH3 is 1. The van der Waals surface area contributed by atoms with Crippen molar-refractivity contribution in [3.8, 4) is 5.75 Å². The van der Waals surface area contributed by atoms with Gasteiger partial charge in [-0.25, -0.2) is 9.59 Å². The Hall–Kier alpha value is -2.58. The topological polar surface area (TPSA) is 99.5 Å². The van der Waals surface area contributed by atoms with E-state index >= 15 is 0 Å². The molecule has 2 heterocycles. The maximum Gasteiger partial charge on any atom is 0.490 e. The van der Waals surface area contributed by atoms with E-state index in [0.717, 1.165) is 38.5 Å². The first kappa shape index (κ1) is 31.4. The Morgan fingerprint density at radius 2 is 1.58 bits per heavy atom. The number of carboxylic acids is 2. The van der Waals surface area contributed by atoms with E-state index in [1.54, 1.807) is 7.11 Å². The van der Waals surface area contributed by atoms with Gasteiger partial charge in [0.1, 0.15) is 5.75 Å². The number of nitrogens with zero attached hydrogens (tertiary/aromatic N) is 2. The van der Waals surface area contributed by atoms with Crippen molar-refractivity contribution in [3.05, 3.63) is 29.8 Å². The number of ether oxygens (including phenoxy) is 2. The minimum atomic E-state index is -5.08. The van der Waals surface area contributed by atoms with Crippen molar-refractivity contribution in [1.82, 2.24) is 9.80 Å². The smallest absolute Gasteiger partial charge is 0.490 e. The molecule has 8 nitrogen and oxygen atoms in total. The Bertz CT molecular complexity index is 822. The van der Waals surface area contributed by atoms with Gasteiger partial charge in [-0.05, 0) is 38.9 Å². The lowest BCUT2D eigenvalue weighted by Crippen LogP contribution is -2.64. The molecule has 1 aromatic rings. The summed E-state index contributed by atoms with van der Waals surface area (Å²) < 4.78 is 75.2. The van der Waals surface area contributed by atoms with Gasteiger partial charge in [0.15, 0.2) is 0 Å². The van der Waals surface area contributed by atoms with Crippen molar-refractivity contribution in [2.45, 2.75) is 37.3 Å². The molecule has 36 heavy (non-hydrogen) atoms. The van der Waals surface area contributed by atoms with Crippen LogP contribution >= 0.6 is 0 Å². The first-order chi connectivity index (χ1) is 16.5. The van der Waals surface area contributed by atoms with Crippen LogP contribution in [0, 0.1) is 5.92 Å². The zero-order valence-corrected chi connectivity index (χ0v) is 20.0. The lowest BCUT2D eigenvalue weighted by atomic mass is 9.82. The molecule has 2 fully saturated rings. The molecular weight excluding hydrogens is 502 g/mol. The van der Waals surface area contributed by atoms with Crippen molar-refractivity contribution in [3.63, 3.8) is 0 Å². The Labute approximate surface area is 204 Å². The molecule has 0 aromatic heterocycles. The number of para-hydroxylation sites is 1. The van der Waals surface area contributed by atoms with E-state index in [1.807, 2.05) is 12.1 Å². The van der Waals surface area contributed by atoms with E-state index in [1.165, 1.54) is 18.4 Å². The Kier molecular flexibility index (Phi) is 11.4. The molecule has 2 aliphatic heterocycles. The SMILES string of the molecule is COc1ccccc1CN1CC2(CCC(CN(C)C)CO2)C1.O=C(O)C(F)(F)F.O=C(O)C(F)(F)F. The third kappa shape index (κ3) is 10.6. The monoisotopic (exact) mass is 532 g/mol. The number of rotatable bonds is 5. The summed E-state index contributed by atoms with van der Waals surface area (Å²) in [5.41, 5.74) is 1.39.